The van der Waals surface area contributed by atoms with E-state index in [1.54, 1.807) is 37.3 Å². The Bertz CT molecular complexity index is 978. The number of nitrogens with one attached hydrogen (secondary N) is 3. The number of carbonyl (C=O) groups excluding carboxylic acids is 3. The summed E-state index contributed by atoms with van der Waals surface area (Å²) in [4.78, 5) is 35.7. The number of aryl methyl sites for hydroxylation is 1. The van der Waals surface area contributed by atoms with Crippen molar-refractivity contribution in [3.63, 3.8) is 0 Å². The number of amides is 3. The molecule has 8 nitrogen and oxygen atoms in total. The van der Waals surface area contributed by atoms with Gasteiger partial charge in [-0.1, -0.05) is 35.0 Å². The lowest BCUT2D eigenvalue weighted by atomic mass is 10.2. The van der Waals surface area contributed by atoms with Gasteiger partial charge in [0.15, 0.2) is 6.61 Å². The minimum atomic E-state index is -0.862. The van der Waals surface area contributed by atoms with Crippen molar-refractivity contribution in [2.45, 2.75) is 33.2 Å². The quantitative estimate of drug-likeness (QED) is 0.301. The Morgan fingerprint density at radius 1 is 1.16 bits per heavy atom. The van der Waals surface area contributed by atoms with Crippen molar-refractivity contribution >= 4 is 45.6 Å². The zero-order chi connectivity index (χ0) is 22.8. The van der Waals surface area contributed by atoms with E-state index in [0.29, 0.717) is 23.4 Å². The second-order valence-corrected chi connectivity index (χ2v) is 7.73. The van der Waals surface area contributed by atoms with Crippen molar-refractivity contribution in [1.29, 1.82) is 0 Å². The molecule has 3 N–H and O–H groups in total. The average molecular weight is 489 g/mol. The van der Waals surface area contributed by atoms with E-state index in [-0.39, 0.29) is 18.6 Å². The molecule has 3 amide bonds. The molecule has 2 aromatic rings. The van der Waals surface area contributed by atoms with Crippen LogP contribution in [-0.2, 0) is 14.4 Å². The SMILES string of the molecule is CC[C@H](C)NC(=O)C(=O)N/N=C\c1ccccc1OCC(=O)Nc1ccc(Br)cc1C. The van der Waals surface area contributed by atoms with Gasteiger partial charge in [-0.3, -0.25) is 14.4 Å². The maximum Gasteiger partial charge on any atom is 0.329 e. The second-order valence-electron chi connectivity index (χ2n) is 6.82. The predicted molar refractivity (Wildman–Crippen MR) is 123 cm³/mol. The van der Waals surface area contributed by atoms with Gasteiger partial charge in [0.25, 0.3) is 5.91 Å². The van der Waals surface area contributed by atoms with Crippen LogP contribution in [0.5, 0.6) is 5.75 Å². The number of carbonyl (C=O) groups is 3. The molecule has 0 aliphatic rings. The fourth-order valence-electron chi connectivity index (χ4n) is 2.42. The normalized spacial score (nSPS) is 11.6. The Morgan fingerprint density at radius 3 is 2.61 bits per heavy atom. The van der Waals surface area contributed by atoms with Gasteiger partial charge >= 0.3 is 11.8 Å². The molecule has 164 valence electrons. The Balaban J connectivity index is 1.92. The van der Waals surface area contributed by atoms with Crippen molar-refractivity contribution in [1.82, 2.24) is 10.7 Å². The summed E-state index contributed by atoms with van der Waals surface area (Å²) < 4.78 is 6.53. The third-order valence-electron chi connectivity index (χ3n) is 4.31. The van der Waals surface area contributed by atoms with Crippen LogP contribution in [0, 0.1) is 6.92 Å². The Morgan fingerprint density at radius 2 is 1.90 bits per heavy atom. The largest absolute Gasteiger partial charge is 0.483 e. The number of hydrazone groups is 1. The number of ether oxygens (including phenoxy) is 1. The molecule has 2 rings (SSSR count). The molecule has 0 radical (unpaired) electrons. The molecule has 0 bridgehead atoms. The fourth-order valence-corrected chi connectivity index (χ4v) is 2.89. The van der Waals surface area contributed by atoms with Gasteiger partial charge in [-0.25, -0.2) is 5.43 Å². The van der Waals surface area contributed by atoms with Crippen LogP contribution < -0.4 is 20.8 Å². The smallest absolute Gasteiger partial charge is 0.329 e. The Kier molecular flexibility index (Phi) is 9.20. The lowest BCUT2D eigenvalue weighted by Gasteiger charge is -2.11. The van der Waals surface area contributed by atoms with Crippen molar-refractivity contribution < 1.29 is 19.1 Å². The average Bonchev–Trinajstić information content (AvgIpc) is 2.74. The number of nitrogens with zero attached hydrogens (tertiary/aromatic N) is 1. The maximum absolute atomic E-state index is 12.2. The van der Waals surface area contributed by atoms with Gasteiger partial charge in [-0.2, -0.15) is 5.10 Å². The van der Waals surface area contributed by atoms with Gasteiger partial charge in [-0.05, 0) is 56.2 Å². The molecule has 0 aliphatic carbocycles. The first-order chi connectivity index (χ1) is 14.8. The van der Waals surface area contributed by atoms with Gasteiger partial charge < -0.3 is 15.4 Å². The highest BCUT2D eigenvalue weighted by atomic mass is 79.9. The molecule has 0 saturated carbocycles. The summed E-state index contributed by atoms with van der Waals surface area (Å²) in [6.07, 6.45) is 2.06. The van der Waals surface area contributed by atoms with Gasteiger partial charge in [0.1, 0.15) is 5.75 Å². The molecule has 0 unspecified atom stereocenters. The van der Waals surface area contributed by atoms with Crippen molar-refractivity contribution in [2.75, 3.05) is 11.9 Å². The summed E-state index contributed by atoms with van der Waals surface area (Å²) in [5.41, 5.74) is 4.33. The van der Waals surface area contributed by atoms with Crippen LogP contribution in [0.15, 0.2) is 52.0 Å². The van der Waals surface area contributed by atoms with E-state index in [1.165, 1.54) is 6.21 Å². The molecule has 1 atom stereocenters. The summed E-state index contributed by atoms with van der Waals surface area (Å²) in [5.74, 6) is -1.52. The molecule has 31 heavy (non-hydrogen) atoms. The topological polar surface area (TPSA) is 109 Å². The summed E-state index contributed by atoms with van der Waals surface area (Å²) in [6.45, 7) is 5.39. The first-order valence-electron chi connectivity index (χ1n) is 9.71. The zero-order valence-electron chi connectivity index (χ0n) is 17.6. The van der Waals surface area contributed by atoms with E-state index in [2.05, 4.69) is 37.1 Å². The second kappa shape index (κ2) is 11.8. The number of para-hydroxylation sites is 1. The number of rotatable bonds is 8. The van der Waals surface area contributed by atoms with Crippen LogP contribution in [-0.4, -0.2) is 36.6 Å². The number of hydrogen-bond donors (Lipinski definition) is 3. The first kappa shape index (κ1) is 24.1. The molecule has 0 fully saturated rings. The predicted octanol–water partition coefficient (Wildman–Crippen LogP) is 3.14. The molecule has 0 aromatic heterocycles. The van der Waals surface area contributed by atoms with Gasteiger partial charge in [0.05, 0.1) is 6.21 Å². The molecule has 0 aliphatic heterocycles. The number of benzene rings is 2. The molecule has 0 saturated heterocycles. The highest BCUT2D eigenvalue weighted by Gasteiger charge is 2.14. The minimum absolute atomic E-state index is 0.108. The van der Waals surface area contributed by atoms with Crippen molar-refractivity contribution in [3.05, 3.63) is 58.1 Å². The summed E-state index contributed by atoms with van der Waals surface area (Å²) in [7, 11) is 0. The van der Waals surface area contributed by atoms with Crippen LogP contribution in [0.4, 0.5) is 5.69 Å². The number of hydrogen-bond acceptors (Lipinski definition) is 5. The molecule has 9 heteroatoms. The van der Waals surface area contributed by atoms with E-state index in [1.807, 2.05) is 26.0 Å². The van der Waals surface area contributed by atoms with E-state index < -0.39 is 11.8 Å². The maximum atomic E-state index is 12.2. The van der Waals surface area contributed by atoms with Crippen LogP contribution in [0.3, 0.4) is 0 Å². The van der Waals surface area contributed by atoms with Crippen molar-refractivity contribution in [2.24, 2.45) is 5.10 Å². The monoisotopic (exact) mass is 488 g/mol. The van der Waals surface area contributed by atoms with Gasteiger partial charge in [0.2, 0.25) is 0 Å². The van der Waals surface area contributed by atoms with Crippen LogP contribution in [0.1, 0.15) is 31.4 Å². The summed E-state index contributed by atoms with van der Waals surface area (Å²) in [6, 6.07) is 12.3. The summed E-state index contributed by atoms with van der Waals surface area (Å²) in [5, 5.41) is 9.15. The summed E-state index contributed by atoms with van der Waals surface area (Å²) >= 11 is 3.38. The Labute approximate surface area is 189 Å². The van der Waals surface area contributed by atoms with E-state index in [9.17, 15) is 14.4 Å². The van der Waals surface area contributed by atoms with Crippen molar-refractivity contribution in [3.8, 4) is 5.75 Å². The van der Waals surface area contributed by atoms with Crippen LogP contribution in [0.2, 0.25) is 0 Å². The van der Waals surface area contributed by atoms with Crippen LogP contribution >= 0.6 is 15.9 Å². The zero-order valence-corrected chi connectivity index (χ0v) is 19.2. The molecule has 0 spiro atoms. The minimum Gasteiger partial charge on any atom is -0.483 e. The van der Waals surface area contributed by atoms with E-state index in [0.717, 1.165) is 10.0 Å². The van der Waals surface area contributed by atoms with Gasteiger partial charge in [-0.15, -0.1) is 0 Å². The Hall–Kier alpha value is -3.20. The van der Waals surface area contributed by atoms with E-state index >= 15 is 0 Å². The number of anilines is 1. The molecule has 0 heterocycles. The van der Waals surface area contributed by atoms with E-state index in [4.69, 9.17) is 4.74 Å². The van der Waals surface area contributed by atoms with Crippen LogP contribution in [0.25, 0.3) is 0 Å². The fraction of sp³-hybridized carbons (Fsp3) is 0.273. The third kappa shape index (κ3) is 7.86. The van der Waals surface area contributed by atoms with Gasteiger partial charge in [0, 0.05) is 21.8 Å². The lowest BCUT2D eigenvalue weighted by molar-refractivity contribution is -0.139. The highest BCUT2D eigenvalue weighted by Crippen LogP contribution is 2.20. The molecular formula is C22H25BrN4O4. The highest BCUT2D eigenvalue weighted by molar-refractivity contribution is 9.10. The number of halogens is 1. The third-order valence-corrected chi connectivity index (χ3v) is 4.80. The molecule has 2 aromatic carbocycles. The molecular weight excluding hydrogens is 464 g/mol. The standard InChI is InChI=1S/C22H25BrN4O4/c1-4-15(3)25-21(29)22(30)27-24-12-16-7-5-6-8-19(16)31-13-20(28)26-18-10-9-17(23)11-14(18)2/h5-12,15H,4,13H2,1-3H3,(H,25,29)(H,26,28)(H,27,30)/b24-12-/t15-/m0/s1. The lowest BCUT2D eigenvalue weighted by Crippen LogP contribution is -2.41. The first-order valence-corrected chi connectivity index (χ1v) is 10.5.